The van der Waals surface area contributed by atoms with E-state index in [4.69, 9.17) is 11.6 Å². The smallest absolute Gasteiger partial charge is 0.158 e. The molecule has 0 N–H and O–H groups in total. The van der Waals surface area contributed by atoms with Gasteiger partial charge >= 0.3 is 0 Å². The number of aromatic nitrogens is 3. The van der Waals surface area contributed by atoms with Crippen LogP contribution in [0.4, 0.5) is 0 Å². The lowest BCUT2D eigenvalue weighted by Gasteiger charge is -1.98. The monoisotopic (exact) mass is 191 g/mol. The average molecular weight is 192 g/mol. The predicted molar refractivity (Wildman–Crippen MR) is 52.4 cm³/mol. The van der Waals surface area contributed by atoms with Crippen molar-refractivity contribution < 1.29 is 0 Å². The first-order valence-electron chi connectivity index (χ1n) is 3.70. The molecule has 13 heavy (non-hydrogen) atoms. The quantitative estimate of drug-likeness (QED) is 0.650. The molecule has 0 fully saturated rings. The second kappa shape index (κ2) is 3.11. The molecule has 0 aromatic carbocycles. The molecule has 0 saturated heterocycles. The van der Waals surface area contributed by atoms with Crippen molar-refractivity contribution in [3.05, 3.63) is 35.9 Å². The highest BCUT2D eigenvalue weighted by molar-refractivity contribution is 6.33. The summed E-state index contributed by atoms with van der Waals surface area (Å²) < 4.78 is 0. The number of fused-ring (bicyclic) bond motifs is 1. The van der Waals surface area contributed by atoms with Crippen molar-refractivity contribution in [1.29, 1.82) is 0 Å². The molecule has 64 valence electrons. The van der Waals surface area contributed by atoms with E-state index in [9.17, 15) is 0 Å². The van der Waals surface area contributed by atoms with E-state index in [0.717, 1.165) is 11.1 Å². The lowest BCUT2D eigenvalue weighted by Crippen LogP contribution is -1.87. The number of hydrogen-bond donors (Lipinski definition) is 0. The molecule has 0 spiro atoms. The summed E-state index contributed by atoms with van der Waals surface area (Å²) in [5.74, 6) is 0. The van der Waals surface area contributed by atoms with Crippen LogP contribution in [0.5, 0.6) is 0 Å². The zero-order valence-corrected chi connectivity index (χ0v) is 7.49. The third kappa shape index (κ3) is 1.38. The average Bonchev–Trinajstić information content (AvgIpc) is 2.18. The highest BCUT2D eigenvalue weighted by Gasteiger charge is 2.01. The van der Waals surface area contributed by atoms with Gasteiger partial charge < -0.3 is 0 Å². The van der Waals surface area contributed by atoms with Crippen LogP contribution in [-0.2, 0) is 0 Å². The molecule has 3 nitrogen and oxygen atoms in total. The van der Waals surface area contributed by atoms with Crippen molar-refractivity contribution in [3.63, 3.8) is 0 Å². The summed E-state index contributed by atoms with van der Waals surface area (Å²) in [5.41, 5.74) is 2.27. The Kier molecular flexibility index (Phi) is 1.94. The van der Waals surface area contributed by atoms with E-state index in [1.807, 2.05) is 6.07 Å². The van der Waals surface area contributed by atoms with Gasteiger partial charge in [-0.1, -0.05) is 24.3 Å². The van der Waals surface area contributed by atoms with Gasteiger partial charge in [0.05, 0.1) is 5.52 Å². The van der Waals surface area contributed by atoms with Gasteiger partial charge in [0.25, 0.3) is 0 Å². The summed E-state index contributed by atoms with van der Waals surface area (Å²) in [4.78, 5) is 12.0. The first-order chi connectivity index (χ1) is 6.31. The summed E-state index contributed by atoms with van der Waals surface area (Å²) in [6.07, 6.45) is 4.81. The fraction of sp³-hybridized carbons (Fsp3) is 0. The van der Waals surface area contributed by atoms with Gasteiger partial charge in [-0.2, -0.15) is 0 Å². The van der Waals surface area contributed by atoms with E-state index >= 15 is 0 Å². The molecule has 0 bridgehead atoms. The fourth-order valence-corrected chi connectivity index (χ4v) is 1.23. The highest BCUT2D eigenvalue weighted by Crippen LogP contribution is 2.17. The SMILES string of the molecule is C=Cc1cnc2c(Cl)ncnc2c1. The molecule has 4 heteroatoms. The third-order valence-electron chi connectivity index (χ3n) is 1.69. The summed E-state index contributed by atoms with van der Waals surface area (Å²) in [5, 5.41) is 0.376. The van der Waals surface area contributed by atoms with Gasteiger partial charge in [-0.05, 0) is 11.6 Å². The molecule has 0 saturated carbocycles. The third-order valence-corrected chi connectivity index (χ3v) is 1.96. The standard InChI is InChI=1S/C9H6ClN3/c1-2-6-3-7-8(11-4-6)9(10)13-5-12-7/h2-5H,1H2. The van der Waals surface area contributed by atoms with Crippen molar-refractivity contribution >= 4 is 28.7 Å². The van der Waals surface area contributed by atoms with Gasteiger partial charge in [0.15, 0.2) is 5.15 Å². The van der Waals surface area contributed by atoms with Crippen LogP contribution in [0.3, 0.4) is 0 Å². The minimum absolute atomic E-state index is 0.376. The lowest BCUT2D eigenvalue weighted by molar-refractivity contribution is 1.19. The largest absolute Gasteiger partial charge is 0.251 e. The first-order valence-corrected chi connectivity index (χ1v) is 4.08. The molecule has 0 amide bonds. The topological polar surface area (TPSA) is 38.7 Å². The maximum Gasteiger partial charge on any atom is 0.158 e. The van der Waals surface area contributed by atoms with Crippen LogP contribution in [0.2, 0.25) is 5.15 Å². The molecule has 0 aliphatic heterocycles. The van der Waals surface area contributed by atoms with Gasteiger partial charge in [0.2, 0.25) is 0 Å². The zero-order chi connectivity index (χ0) is 9.26. The van der Waals surface area contributed by atoms with Crippen LogP contribution in [0.25, 0.3) is 17.1 Å². The Morgan fingerprint density at radius 3 is 2.92 bits per heavy atom. The van der Waals surface area contributed by atoms with Crippen molar-refractivity contribution in [1.82, 2.24) is 15.0 Å². The van der Waals surface area contributed by atoms with Gasteiger partial charge in [0, 0.05) is 6.20 Å². The van der Waals surface area contributed by atoms with Crippen molar-refractivity contribution in [2.75, 3.05) is 0 Å². The minimum atomic E-state index is 0.376. The van der Waals surface area contributed by atoms with Crippen molar-refractivity contribution in [2.45, 2.75) is 0 Å². The molecule has 2 rings (SSSR count). The molecule has 0 radical (unpaired) electrons. The summed E-state index contributed by atoms with van der Waals surface area (Å²) in [6.45, 7) is 3.64. The Morgan fingerprint density at radius 2 is 2.15 bits per heavy atom. The number of pyridine rings is 1. The molecule has 2 aromatic rings. The van der Waals surface area contributed by atoms with E-state index in [1.54, 1.807) is 12.3 Å². The number of rotatable bonds is 1. The number of hydrogen-bond acceptors (Lipinski definition) is 3. The Hall–Kier alpha value is -1.48. The van der Waals surface area contributed by atoms with Gasteiger partial charge in [-0.3, -0.25) is 4.98 Å². The van der Waals surface area contributed by atoms with E-state index in [1.165, 1.54) is 6.33 Å². The number of nitrogens with zero attached hydrogens (tertiary/aromatic N) is 3. The van der Waals surface area contributed by atoms with Crippen LogP contribution in [0, 0.1) is 0 Å². The molecule has 0 unspecified atom stereocenters. The first kappa shape index (κ1) is 8.13. The molecule has 2 heterocycles. The summed E-state index contributed by atoms with van der Waals surface area (Å²) in [7, 11) is 0. The normalized spacial score (nSPS) is 10.2. The highest BCUT2D eigenvalue weighted by atomic mass is 35.5. The molecule has 0 aliphatic rings. The van der Waals surface area contributed by atoms with Crippen LogP contribution in [-0.4, -0.2) is 15.0 Å². The Balaban J connectivity index is 2.79. The zero-order valence-electron chi connectivity index (χ0n) is 6.74. The van der Waals surface area contributed by atoms with Crippen LogP contribution >= 0.6 is 11.6 Å². The van der Waals surface area contributed by atoms with E-state index in [2.05, 4.69) is 21.5 Å². The molecule has 0 aliphatic carbocycles. The summed E-state index contributed by atoms with van der Waals surface area (Å²) >= 11 is 5.81. The molecule has 2 aromatic heterocycles. The maximum atomic E-state index is 5.81. The molecular weight excluding hydrogens is 186 g/mol. The molecule has 0 atom stereocenters. The Labute approximate surface area is 80.1 Å². The number of halogens is 1. The lowest BCUT2D eigenvalue weighted by atomic mass is 10.2. The molecular formula is C9H6ClN3. The van der Waals surface area contributed by atoms with Crippen LogP contribution in [0.15, 0.2) is 25.2 Å². The van der Waals surface area contributed by atoms with Gasteiger partial charge in [-0.15, -0.1) is 0 Å². The Bertz CT molecular complexity index is 467. The maximum absolute atomic E-state index is 5.81. The predicted octanol–water partition coefficient (Wildman–Crippen LogP) is 2.32. The minimum Gasteiger partial charge on any atom is -0.251 e. The van der Waals surface area contributed by atoms with E-state index < -0.39 is 0 Å². The fourth-order valence-electron chi connectivity index (χ4n) is 1.04. The van der Waals surface area contributed by atoms with Crippen molar-refractivity contribution in [3.8, 4) is 0 Å². The van der Waals surface area contributed by atoms with Crippen molar-refractivity contribution in [2.24, 2.45) is 0 Å². The second-order valence-electron chi connectivity index (χ2n) is 2.50. The van der Waals surface area contributed by atoms with Gasteiger partial charge in [0.1, 0.15) is 11.8 Å². The van der Waals surface area contributed by atoms with Crippen LogP contribution < -0.4 is 0 Å². The van der Waals surface area contributed by atoms with E-state index in [-0.39, 0.29) is 0 Å². The van der Waals surface area contributed by atoms with Gasteiger partial charge in [-0.25, -0.2) is 9.97 Å². The second-order valence-corrected chi connectivity index (χ2v) is 2.86. The van der Waals surface area contributed by atoms with E-state index in [0.29, 0.717) is 10.7 Å². The van der Waals surface area contributed by atoms with Crippen LogP contribution in [0.1, 0.15) is 5.56 Å². The Morgan fingerprint density at radius 1 is 1.31 bits per heavy atom. The summed E-state index contributed by atoms with van der Waals surface area (Å²) in [6, 6.07) is 1.86.